The Kier molecular flexibility index (Phi) is 5.05. The number of nitrogens with zero attached hydrogens (tertiary/aromatic N) is 2. The Hall–Kier alpha value is -2.56. The predicted molar refractivity (Wildman–Crippen MR) is 129 cm³/mol. The fourth-order valence-corrected chi connectivity index (χ4v) is 5.92. The molecule has 2 aliphatic rings. The molecule has 4 heteroatoms. The molecule has 0 bridgehead atoms. The summed E-state index contributed by atoms with van der Waals surface area (Å²) in [7, 11) is 0. The van der Waals surface area contributed by atoms with Gasteiger partial charge in [0.25, 0.3) is 0 Å². The van der Waals surface area contributed by atoms with Gasteiger partial charge in [-0.25, -0.2) is 0 Å². The standard InChI is InChI=1S/C27H32N4/c1-3-7-26-22(5-1)24(17-28-26)20-9-13-30(14-10-20)19-31-15-11-21(12-16-31)25-18-29-27-8-4-2-6-23(25)27/h1-8,17-18,20-21,28-29H,9-16,19H2. The van der Waals surface area contributed by atoms with Crippen LogP contribution in [0.1, 0.15) is 48.6 Å². The molecule has 0 radical (unpaired) electrons. The number of aromatic amines is 2. The molecule has 4 aromatic rings. The lowest BCUT2D eigenvalue weighted by Crippen LogP contribution is -2.44. The van der Waals surface area contributed by atoms with Crippen molar-refractivity contribution in [2.45, 2.75) is 37.5 Å². The number of piperidine rings is 2. The molecule has 2 aromatic heterocycles. The first-order valence-corrected chi connectivity index (χ1v) is 11.9. The van der Waals surface area contributed by atoms with Gasteiger partial charge < -0.3 is 9.97 Å². The van der Waals surface area contributed by atoms with Crippen LogP contribution in [0.4, 0.5) is 0 Å². The predicted octanol–water partition coefficient (Wildman–Crippen LogP) is 5.67. The maximum atomic E-state index is 3.46. The van der Waals surface area contributed by atoms with E-state index in [2.05, 4.69) is 80.7 Å². The van der Waals surface area contributed by atoms with Crippen molar-refractivity contribution in [1.29, 1.82) is 0 Å². The smallest absolute Gasteiger partial charge is 0.0506 e. The molecule has 31 heavy (non-hydrogen) atoms. The summed E-state index contributed by atoms with van der Waals surface area (Å²) in [5, 5.41) is 2.83. The Morgan fingerprint density at radius 3 is 1.48 bits per heavy atom. The van der Waals surface area contributed by atoms with Gasteiger partial charge in [-0.1, -0.05) is 36.4 Å². The largest absolute Gasteiger partial charge is 0.361 e. The van der Waals surface area contributed by atoms with Crippen LogP contribution in [0, 0.1) is 0 Å². The van der Waals surface area contributed by atoms with Gasteiger partial charge >= 0.3 is 0 Å². The molecule has 2 saturated heterocycles. The number of hydrogen-bond donors (Lipinski definition) is 2. The minimum Gasteiger partial charge on any atom is -0.361 e. The second-order valence-corrected chi connectivity index (χ2v) is 9.51. The number of benzene rings is 2. The van der Waals surface area contributed by atoms with Gasteiger partial charge in [0, 0.05) is 34.2 Å². The molecule has 0 amide bonds. The molecule has 0 atom stereocenters. The molecule has 2 fully saturated rings. The van der Waals surface area contributed by atoms with Gasteiger partial charge in [-0.05, 0) is 87.0 Å². The maximum absolute atomic E-state index is 3.46. The number of rotatable bonds is 4. The zero-order valence-electron chi connectivity index (χ0n) is 18.2. The van der Waals surface area contributed by atoms with Crippen LogP contribution in [0.2, 0.25) is 0 Å². The summed E-state index contributed by atoms with van der Waals surface area (Å²) in [5.41, 5.74) is 5.60. The minimum atomic E-state index is 0.694. The normalized spacial score (nSPS) is 20.1. The van der Waals surface area contributed by atoms with Gasteiger partial charge in [0.05, 0.1) is 6.67 Å². The lowest BCUT2D eigenvalue weighted by Gasteiger charge is -2.38. The molecular formula is C27H32N4. The van der Waals surface area contributed by atoms with Crippen LogP contribution in [0.25, 0.3) is 21.8 Å². The van der Waals surface area contributed by atoms with Crippen molar-refractivity contribution < 1.29 is 0 Å². The first-order valence-electron chi connectivity index (χ1n) is 11.9. The first kappa shape index (κ1) is 19.1. The average Bonchev–Trinajstić information content (AvgIpc) is 3.45. The molecule has 4 heterocycles. The van der Waals surface area contributed by atoms with E-state index in [1.165, 1.54) is 84.8 Å². The van der Waals surface area contributed by atoms with E-state index in [1.54, 1.807) is 0 Å². The molecule has 0 spiro atoms. The van der Waals surface area contributed by atoms with Gasteiger partial charge in [-0.2, -0.15) is 0 Å². The molecule has 6 rings (SSSR count). The summed E-state index contributed by atoms with van der Waals surface area (Å²) in [5.74, 6) is 1.39. The molecule has 2 aromatic carbocycles. The fourth-order valence-electron chi connectivity index (χ4n) is 5.92. The molecule has 160 valence electrons. The van der Waals surface area contributed by atoms with Crippen molar-refractivity contribution in [2.24, 2.45) is 0 Å². The number of aromatic nitrogens is 2. The summed E-state index contributed by atoms with van der Waals surface area (Å²) in [4.78, 5) is 12.3. The summed E-state index contributed by atoms with van der Waals surface area (Å²) < 4.78 is 0. The van der Waals surface area contributed by atoms with E-state index < -0.39 is 0 Å². The highest BCUT2D eigenvalue weighted by Gasteiger charge is 2.27. The zero-order valence-corrected chi connectivity index (χ0v) is 18.2. The summed E-state index contributed by atoms with van der Waals surface area (Å²) in [6.45, 7) is 6.00. The molecule has 0 saturated carbocycles. The molecule has 0 aliphatic carbocycles. The Morgan fingerprint density at radius 1 is 0.613 bits per heavy atom. The molecule has 2 aliphatic heterocycles. The van der Waals surface area contributed by atoms with Crippen molar-refractivity contribution in [3.05, 3.63) is 72.1 Å². The second kappa shape index (κ2) is 8.18. The van der Waals surface area contributed by atoms with Gasteiger partial charge in [0.1, 0.15) is 0 Å². The van der Waals surface area contributed by atoms with E-state index in [0.717, 1.165) is 6.67 Å². The molecule has 4 nitrogen and oxygen atoms in total. The fraction of sp³-hybridized carbons (Fsp3) is 0.407. The number of likely N-dealkylation sites (tertiary alicyclic amines) is 2. The molecular weight excluding hydrogens is 380 g/mol. The van der Waals surface area contributed by atoms with Gasteiger partial charge in [0.2, 0.25) is 0 Å². The van der Waals surface area contributed by atoms with Crippen molar-refractivity contribution in [3.8, 4) is 0 Å². The van der Waals surface area contributed by atoms with E-state index in [0.29, 0.717) is 11.8 Å². The monoisotopic (exact) mass is 412 g/mol. The lowest BCUT2D eigenvalue weighted by molar-refractivity contribution is 0.0881. The minimum absolute atomic E-state index is 0.694. The summed E-state index contributed by atoms with van der Waals surface area (Å²) >= 11 is 0. The Labute approximate surface area is 184 Å². The lowest BCUT2D eigenvalue weighted by atomic mass is 9.88. The number of nitrogens with one attached hydrogen (secondary N) is 2. The van der Waals surface area contributed by atoms with Gasteiger partial charge in [-0.15, -0.1) is 0 Å². The van der Waals surface area contributed by atoms with E-state index in [1.807, 2.05) is 0 Å². The van der Waals surface area contributed by atoms with Gasteiger partial charge in [-0.3, -0.25) is 9.80 Å². The average molecular weight is 413 g/mol. The van der Waals surface area contributed by atoms with Crippen LogP contribution in [0.15, 0.2) is 60.9 Å². The SMILES string of the molecule is c1ccc2c(C3CCN(CN4CCC(c5c[nH]c6ccccc56)CC4)CC3)c[nH]c2c1. The Morgan fingerprint density at radius 2 is 1.03 bits per heavy atom. The van der Waals surface area contributed by atoms with Crippen LogP contribution >= 0.6 is 0 Å². The first-order chi connectivity index (χ1) is 15.3. The summed E-state index contributed by atoms with van der Waals surface area (Å²) in [6.07, 6.45) is 9.59. The van der Waals surface area contributed by atoms with E-state index in [-0.39, 0.29) is 0 Å². The van der Waals surface area contributed by atoms with E-state index in [4.69, 9.17) is 0 Å². The number of fused-ring (bicyclic) bond motifs is 2. The maximum Gasteiger partial charge on any atom is 0.0506 e. The highest BCUT2D eigenvalue weighted by molar-refractivity contribution is 5.84. The number of H-pyrrole nitrogens is 2. The zero-order chi connectivity index (χ0) is 20.6. The third-order valence-corrected chi connectivity index (χ3v) is 7.70. The topological polar surface area (TPSA) is 38.1 Å². The van der Waals surface area contributed by atoms with E-state index >= 15 is 0 Å². The highest BCUT2D eigenvalue weighted by Crippen LogP contribution is 2.35. The number of hydrogen-bond acceptors (Lipinski definition) is 2. The van der Waals surface area contributed by atoms with Crippen molar-refractivity contribution in [1.82, 2.24) is 19.8 Å². The van der Waals surface area contributed by atoms with Gasteiger partial charge in [0.15, 0.2) is 0 Å². The highest BCUT2D eigenvalue weighted by atomic mass is 15.3. The molecule has 0 unspecified atom stereocenters. The van der Waals surface area contributed by atoms with Crippen LogP contribution in [-0.2, 0) is 0 Å². The van der Waals surface area contributed by atoms with Crippen molar-refractivity contribution in [2.75, 3.05) is 32.8 Å². The second-order valence-electron chi connectivity index (χ2n) is 9.51. The quantitative estimate of drug-likeness (QED) is 0.453. The number of para-hydroxylation sites is 2. The Bertz CT molecular complexity index is 1060. The summed E-state index contributed by atoms with van der Waals surface area (Å²) in [6, 6.07) is 17.5. The van der Waals surface area contributed by atoms with Crippen LogP contribution in [0.5, 0.6) is 0 Å². The van der Waals surface area contributed by atoms with Crippen LogP contribution in [0.3, 0.4) is 0 Å². The third-order valence-electron chi connectivity index (χ3n) is 7.70. The van der Waals surface area contributed by atoms with E-state index in [9.17, 15) is 0 Å². The Balaban J connectivity index is 1.03. The molecule has 2 N–H and O–H groups in total. The van der Waals surface area contributed by atoms with Crippen molar-refractivity contribution in [3.63, 3.8) is 0 Å². The van der Waals surface area contributed by atoms with Crippen LogP contribution < -0.4 is 0 Å². The van der Waals surface area contributed by atoms with Crippen LogP contribution in [-0.4, -0.2) is 52.6 Å². The van der Waals surface area contributed by atoms with Crippen molar-refractivity contribution >= 4 is 21.8 Å². The third kappa shape index (κ3) is 3.68.